The average Bonchev–Trinajstić information content (AvgIpc) is 2.33. The highest BCUT2D eigenvalue weighted by molar-refractivity contribution is 7.80. The van der Waals surface area contributed by atoms with Crippen molar-refractivity contribution in [2.75, 3.05) is 18.0 Å². The van der Waals surface area contributed by atoms with Crippen molar-refractivity contribution in [2.45, 2.75) is 19.8 Å². The van der Waals surface area contributed by atoms with E-state index in [4.69, 9.17) is 23.7 Å². The van der Waals surface area contributed by atoms with E-state index in [1.807, 2.05) is 6.92 Å². The van der Waals surface area contributed by atoms with E-state index >= 15 is 0 Å². The summed E-state index contributed by atoms with van der Waals surface area (Å²) in [5.41, 5.74) is 11.5. The average molecular weight is 283 g/mol. The number of carbonyl (C=O) groups is 1. The Bertz CT molecular complexity index is 479. The number of anilines is 1. The summed E-state index contributed by atoms with van der Waals surface area (Å²) < 4.78 is 13.8. The fourth-order valence-electron chi connectivity index (χ4n) is 1.84. The Morgan fingerprint density at radius 2 is 2.11 bits per heavy atom. The van der Waals surface area contributed by atoms with E-state index in [0.717, 1.165) is 12.8 Å². The molecule has 6 heteroatoms. The van der Waals surface area contributed by atoms with Gasteiger partial charge in [-0.15, -0.1) is 0 Å². The van der Waals surface area contributed by atoms with Gasteiger partial charge >= 0.3 is 0 Å². The Morgan fingerprint density at radius 3 is 2.63 bits per heavy atom. The molecule has 0 saturated heterocycles. The van der Waals surface area contributed by atoms with Gasteiger partial charge < -0.3 is 16.4 Å². The van der Waals surface area contributed by atoms with Crippen LogP contribution in [0.1, 0.15) is 25.3 Å². The number of hydrogen-bond acceptors (Lipinski definition) is 3. The number of halogens is 1. The van der Waals surface area contributed by atoms with E-state index < -0.39 is 11.7 Å². The molecule has 0 radical (unpaired) electrons. The third kappa shape index (κ3) is 4.17. The quantitative estimate of drug-likeness (QED) is 0.745. The summed E-state index contributed by atoms with van der Waals surface area (Å²) in [6, 6.07) is 4.54. The first-order valence-corrected chi connectivity index (χ1v) is 6.49. The second-order valence-corrected chi connectivity index (χ2v) is 4.68. The van der Waals surface area contributed by atoms with Crippen molar-refractivity contribution >= 4 is 28.8 Å². The molecule has 0 aromatic heterocycles. The molecular formula is C13H18FN3OS. The molecule has 0 heterocycles. The van der Waals surface area contributed by atoms with Crippen LogP contribution in [0.3, 0.4) is 0 Å². The van der Waals surface area contributed by atoms with Crippen molar-refractivity contribution < 1.29 is 9.18 Å². The summed E-state index contributed by atoms with van der Waals surface area (Å²) in [5, 5.41) is 0. The topological polar surface area (TPSA) is 72.3 Å². The number of carbonyl (C=O) groups excluding carboxylic acids is 1. The monoisotopic (exact) mass is 283 g/mol. The van der Waals surface area contributed by atoms with E-state index in [9.17, 15) is 9.18 Å². The molecule has 0 unspecified atom stereocenters. The summed E-state index contributed by atoms with van der Waals surface area (Å²) in [4.78, 5) is 12.8. The molecule has 4 N–H and O–H groups in total. The maximum Gasteiger partial charge on any atom is 0.236 e. The first kappa shape index (κ1) is 15.4. The van der Waals surface area contributed by atoms with Crippen LogP contribution in [0.4, 0.5) is 10.1 Å². The van der Waals surface area contributed by atoms with Crippen LogP contribution >= 0.6 is 12.2 Å². The van der Waals surface area contributed by atoms with Crippen molar-refractivity contribution in [3.05, 3.63) is 29.6 Å². The number of primary amides is 1. The van der Waals surface area contributed by atoms with Crippen LogP contribution < -0.4 is 16.4 Å². The Hall–Kier alpha value is -1.69. The fraction of sp³-hybridized carbons (Fsp3) is 0.385. The van der Waals surface area contributed by atoms with Crippen LogP contribution in [0.25, 0.3) is 0 Å². The zero-order valence-corrected chi connectivity index (χ0v) is 11.7. The summed E-state index contributed by atoms with van der Waals surface area (Å²) in [5.74, 6) is -0.967. The molecular weight excluding hydrogens is 265 g/mol. The van der Waals surface area contributed by atoms with Gasteiger partial charge in [0.25, 0.3) is 0 Å². The van der Waals surface area contributed by atoms with E-state index in [-0.39, 0.29) is 17.1 Å². The maximum absolute atomic E-state index is 13.8. The molecule has 1 aromatic rings. The van der Waals surface area contributed by atoms with Gasteiger partial charge in [0.1, 0.15) is 10.8 Å². The van der Waals surface area contributed by atoms with Crippen molar-refractivity contribution in [1.82, 2.24) is 0 Å². The van der Waals surface area contributed by atoms with Gasteiger partial charge in [0, 0.05) is 6.54 Å². The molecule has 1 aromatic carbocycles. The fourth-order valence-corrected chi connectivity index (χ4v) is 2.04. The lowest BCUT2D eigenvalue weighted by atomic mass is 10.1. The predicted molar refractivity (Wildman–Crippen MR) is 78.6 cm³/mol. The summed E-state index contributed by atoms with van der Waals surface area (Å²) in [6.45, 7) is 2.64. The number of amides is 1. The Kier molecular flexibility index (Phi) is 5.69. The van der Waals surface area contributed by atoms with Crippen LogP contribution in [0.5, 0.6) is 0 Å². The molecule has 0 fully saturated rings. The number of nitrogens with two attached hydrogens (primary N) is 2. The van der Waals surface area contributed by atoms with Crippen LogP contribution in [0.2, 0.25) is 0 Å². The van der Waals surface area contributed by atoms with Crippen molar-refractivity contribution in [3.8, 4) is 0 Å². The molecule has 1 rings (SSSR count). The van der Waals surface area contributed by atoms with Crippen LogP contribution in [0, 0.1) is 5.82 Å². The third-order valence-electron chi connectivity index (χ3n) is 2.71. The number of rotatable bonds is 7. The maximum atomic E-state index is 13.8. The normalized spacial score (nSPS) is 10.2. The molecule has 0 atom stereocenters. The Morgan fingerprint density at radius 1 is 1.42 bits per heavy atom. The first-order valence-electron chi connectivity index (χ1n) is 6.09. The van der Waals surface area contributed by atoms with Crippen LogP contribution in [0.15, 0.2) is 18.2 Å². The summed E-state index contributed by atoms with van der Waals surface area (Å²) in [6.07, 6.45) is 1.81. The van der Waals surface area contributed by atoms with Gasteiger partial charge in [0.2, 0.25) is 5.91 Å². The van der Waals surface area contributed by atoms with E-state index in [1.165, 1.54) is 6.07 Å². The van der Waals surface area contributed by atoms with E-state index in [0.29, 0.717) is 12.2 Å². The molecule has 4 nitrogen and oxygen atoms in total. The van der Waals surface area contributed by atoms with Gasteiger partial charge in [-0.25, -0.2) is 4.39 Å². The molecule has 19 heavy (non-hydrogen) atoms. The van der Waals surface area contributed by atoms with Crippen LogP contribution in [-0.2, 0) is 4.79 Å². The smallest absolute Gasteiger partial charge is 0.236 e. The molecule has 0 bridgehead atoms. The molecule has 104 valence electrons. The summed E-state index contributed by atoms with van der Waals surface area (Å²) >= 11 is 4.88. The number of thiocarbonyl (C=S) groups is 1. The van der Waals surface area contributed by atoms with Crippen molar-refractivity contribution in [2.24, 2.45) is 11.5 Å². The molecule has 0 aliphatic heterocycles. The van der Waals surface area contributed by atoms with Crippen molar-refractivity contribution in [3.63, 3.8) is 0 Å². The second-order valence-electron chi connectivity index (χ2n) is 4.24. The van der Waals surface area contributed by atoms with Gasteiger partial charge in [-0.3, -0.25) is 4.79 Å². The minimum absolute atomic E-state index is 0.0130. The SMILES string of the molecule is CCCCN(CC(N)=O)c1cccc(F)c1C(N)=S. The van der Waals surface area contributed by atoms with Gasteiger partial charge in [0.15, 0.2) is 0 Å². The second kappa shape index (κ2) is 7.04. The van der Waals surface area contributed by atoms with Gasteiger partial charge in [-0.05, 0) is 18.6 Å². The number of hydrogen-bond donors (Lipinski definition) is 2. The number of nitrogens with zero attached hydrogens (tertiary/aromatic N) is 1. The predicted octanol–water partition coefficient (Wildman–Crippen LogP) is 1.55. The zero-order chi connectivity index (χ0) is 14.4. The highest BCUT2D eigenvalue weighted by Gasteiger charge is 2.17. The Balaban J connectivity index is 3.16. The standard InChI is InChI=1S/C13H18FN3OS/c1-2-3-7-17(8-11(15)18)10-6-4-5-9(14)12(10)13(16)19/h4-6H,2-3,7-8H2,1H3,(H2,15,18)(H2,16,19). The first-order chi connectivity index (χ1) is 8.97. The molecule has 0 aliphatic carbocycles. The minimum atomic E-state index is -0.490. The number of benzene rings is 1. The lowest BCUT2D eigenvalue weighted by Gasteiger charge is -2.25. The van der Waals surface area contributed by atoms with Gasteiger partial charge in [-0.1, -0.05) is 31.6 Å². The summed E-state index contributed by atoms with van der Waals surface area (Å²) in [7, 11) is 0. The number of unbranched alkanes of at least 4 members (excludes halogenated alkanes) is 1. The lowest BCUT2D eigenvalue weighted by Crippen LogP contribution is -2.36. The highest BCUT2D eigenvalue weighted by Crippen LogP contribution is 2.23. The van der Waals surface area contributed by atoms with Crippen LogP contribution in [-0.4, -0.2) is 24.0 Å². The largest absolute Gasteiger partial charge is 0.389 e. The third-order valence-corrected chi connectivity index (χ3v) is 2.91. The minimum Gasteiger partial charge on any atom is -0.389 e. The van der Waals surface area contributed by atoms with E-state index in [1.54, 1.807) is 17.0 Å². The van der Waals surface area contributed by atoms with Crippen molar-refractivity contribution in [1.29, 1.82) is 0 Å². The zero-order valence-electron chi connectivity index (χ0n) is 10.9. The van der Waals surface area contributed by atoms with E-state index in [2.05, 4.69) is 0 Å². The molecule has 0 aliphatic rings. The lowest BCUT2D eigenvalue weighted by molar-refractivity contribution is -0.116. The Labute approximate surface area is 117 Å². The molecule has 0 spiro atoms. The molecule has 0 saturated carbocycles. The van der Waals surface area contributed by atoms with Gasteiger partial charge in [-0.2, -0.15) is 0 Å². The van der Waals surface area contributed by atoms with Gasteiger partial charge in [0.05, 0.1) is 17.8 Å². The highest BCUT2D eigenvalue weighted by atomic mass is 32.1. The molecule has 1 amide bonds.